The molecule has 2 aromatic carbocycles. The number of hydrogen-bond acceptors (Lipinski definition) is 5. The molecule has 0 atom stereocenters. The predicted octanol–water partition coefficient (Wildman–Crippen LogP) is 5.49. The number of rotatable bonds is 8. The summed E-state index contributed by atoms with van der Waals surface area (Å²) in [4.78, 5) is 29.6. The summed E-state index contributed by atoms with van der Waals surface area (Å²) in [6.45, 7) is 4.52. The molecule has 164 valence electrons. The molecular formula is C22H22Cl2N2O4S. The van der Waals surface area contributed by atoms with Gasteiger partial charge in [-0.15, -0.1) is 0 Å². The number of nitrogens with zero attached hydrogens (tertiary/aromatic N) is 2. The van der Waals surface area contributed by atoms with Crippen molar-refractivity contribution in [2.45, 2.75) is 33.2 Å². The van der Waals surface area contributed by atoms with E-state index in [4.69, 9.17) is 32.7 Å². The van der Waals surface area contributed by atoms with Crippen LogP contribution >= 0.6 is 34.5 Å². The molecule has 1 amide bonds. The first kappa shape index (κ1) is 23.3. The summed E-state index contributed by atoms with van der Waals surface area (Å²) in [7, 11) is 0. The van der Waals surface area contributed by atoms with Crippen molar-refractivity contribution >= 4 is 56.6 Å². The Morgan fingerprint density at radius 2 is 1.97 bits per heavy atom. The Morgan fingerprint density at radius 1 is 1.16 bits per heavy atom. The van der Waals surface area contributed by atoms with Gasteiger partial charge < -0.3 is 14.0 Å². The SMILES string of the molecule is CCCCOc1cccc(C(=O)N=c2sc3cc(Cl)cc(Cl)c3n2CC(=O)OCC)c1. The zero-order valence-electron chi connectivity index (χ0n) is 17.2. The Bertz CT molecular complexity index is 1170. The standard InChI is InChI=1S/C22H22Cl2N2O4S/c1-3-5-9-30-16-8-6-7-14(10-16)21(28)25-22-26(13-19(27)29-4-2)20-17(24)11-15(23)12-18(20)31-22/h6-8,10-12H,3-5,9,13H2,1-2H3. The van der Waals surface area contributed by atoms with E-state index in [0.29, 0.717) is 43.0 Å². The quantitative estimate of drug-likeness (QED) is 0.315. The molecule has 0 saturated heterocycles. The summed E-state index contributed by atoms with van der Waals surface area (Å²) in [6.07, 6.45) is 1.95. The molecule has 0 saturated carbocycles. The molecule has 0 N–H and O–H groups in total. The van der Waals surface area contributed by atoms with Crippen LogP contribution in [0.15, 0.2) is 41.4 Å². The minimum absolute atomic E-state index is 0.124. The maximum atomic E-state index is 12.9. The van der Waals surface area contributed by atoms with E-state index in [-0.39, 0.29) is 13.2 Å². The van der Waals surface area contributed by atoms with Gasteiger partial charge in [0, 0.05) is 10.6 Å². The van der Waals surface area contributed by atoms with E-state index in [1.54, 1.807) is 47.9 Å². The summed E-state index contributed by atoms with van der Waals surface area (Å²) in [6, 6.07) is 10.2. The largest absolute Gasteiger partial charge is 0.494 e. The number of amides is 1. The van der Waals surface area contributed by atoms with Crippen molar-refractivity contribution < 1.29 is 19.1 Å². The third-order valence-electron chi connectivity index (χ3n) is 4.33. The van der Waals surface area contributed by atoms with Crippen LogP contribution < -0.4 is 9.54 Å². The average molecular weight is 481 g/mol. The lowest BCUT2D eigenvalue weighted by molar-refractivity contribution is -0.143. The van der Waals surface area contributed by atoms with Gasteiger partial charge in [0.25, 0.3) is 5.91 Å². The van der Waals surface area contributed by atoms with Gasteiger partial charge in [0.2, 0.25) is 0 Å². The average Bonchev–Trinajstić information content (AvgIpc) is 3.05. The number of unbranched alkanes of at least 4 members (excludes halogenated alkanes) is 1. The lowest BCUT2D eigenvalue weighted by atomic mass is 10.2. The molecule has 0 aliphatic heterocycles. The van der Waals surface area contributed by atoms with E-state index in [2.05, 4.69) is 11.9 Å². The molecule has 3 aromatic rings. The lowest BCUT2D eigenvalue weighted by Crippen LogP contribution is -2.23. The predicted molar refractivity (Wildman–Crippen MR) is 123 cm³/mol. The number of ether oxygens (including phenoxy) is 2. The molecule has 1 aromatic heterocycles. The Balaban J connectivity index is 2.02. The minimum atomic E-state index is -0.452. The fourth-order valence-electron chi connectivity index (χ4n) is 2.90. The van der Waals surface area contributed by atoms with Gasteiger partial charge in [-0.3, -0.25) is 9.59 Å². The molecule has 1 heterocycles. The zero-order chi connectivity index (χ0) is 22.4. The van der Waals surface area contributed by atoms with Gasteiger partial charge in [0.15, 0.2) is 4.80 Å². The van der Waals surface area contributed by atoms with E-state index >= 15 is 0 Å². The van der Waals surface area contributed by atoms with Gasteiger partial charge in [-0.1, -0.05) is 53.9 Å². The third kappa shape index (κ3) is 5.87. The molecule has 0 aliphatic carbocycles. The maximum absolute atomic E-state index is 12.9. The van der Waals surface area contributed by atoms with Gasteiger partial charge in [0.1, 0.15) is 12.3 Å². The van der Waals surface area contributed by atoms with E-state index in [0.717, 1.165) is 12.8 Å². The molecule has 31 heavy (non-hydrogen) atoms. The highest BCUT2D eigenvalue weighted by Gasteiger charge is 2.16. The highest BCUT2D eigenvalue weighted by molar-refractivity contribution is 7.16. The van der Waals surface area contributed by atoms with Crippen LogP contribution in [-0.4, -0.2) is 29.7 Å². The monoisotopic (exact) mass is 480 g/mol. The van der Waals surface area contributed by atoms with Crippen LogP contribution in [0.4, 0.5) is 0 Å². The van der Waals surface area contributed by atoms with Crippen molar-refractivity contribution in [3.63, 3.8) is 0 Å². The molecule has 0 spiro atoms. The number of carbonyl (C=O) groups excluding carboxylic acids is 2. The van der Waals surface area contributed by atoms with Crippen LogP contribution in [0.5, 0.6) is 5.75 Å². The number of halogens is 2. The number of benzene rings is 2. The molecule has 6 nitrogen and oxygen atoms in total. The molecule has 0 radical (unpaired) electrons. The zero-order valence-corrected chi connectivity index (χ0v) is 19.5. The van der Waals surface area contributed by atoms with Crippen molar-refractivity contribution in [3.05, 3.63) is 56.8 Å². The Kier molecular flexibility index (Phi) is 8.12. The Hall–Kier alpha value is -2.35. The van der Waals surface area contributed by atoms with Crippen molar-refractivity contribution in [1.29, 1.82) is 0 Å². The van der Waals surface area contributed by atoms with Crippen LogP contribution in [0.25, 0.3) is 10.2 Å². The van der Waals surface area contributed by atoms with Crippen LogP contribution in [0.2, 0.25) is 10.0 Å². The van der Waals surface area contributed by atoms with Gasteiger partial charge >= 0.3 is 5.97 Å². The Labute approximate surface area is 194 Å². The molecule has 0 bridgehead atoms. The van der Waals surface area contributed by atoms with E-state index < -0.39 is 11.9 Å². The second-order valence-electron chi connectivity index (χ2n) is 6.66. The number of esters is 1. The summed E-state index contributed by atoms with van der Waals surface area (Å²) in [5.41, 5.74) is 0.964. The van der Waals surface area contributed by atoms with Gasteiger partial charge in [0.05, 0.1) is 28.5 Å². The van der Waals surface area contributed by atoms with Gasteiger partial charge in [-0.2, -0.15) is 4.99 Å². The first-order valence-corrected chi connectivity index (χ1v) is 11.5. The highest BCUT2D eigenvalue weighted by atomic mass is 35.5. The normalized spacial score (nSPS) is 11.7. The summed E-state index contributed by atoms with van der Waals surface area (Å²) >= 11 is 13.7. The number of hydrogen-bond donors (Lipinski definition) is 0. The summed E-state index contributed by atoms with van der Waals surface area (Å²) < 4.78 is 13.0. The van der Waals surface area contributed by atoms with Gasteiger partial charge in [-0.05, 0) is 43.7 Å². The van der Waals surface area contributed by atoms with Crippen LogP contribution in [-0.2, 0) is 16.1 Å². The number of carbonyl (C=O) groups is 2. The van der Waals surface area contributed by atoms with Crippen LogP contribution in [0, 0.1) is 0 Å². The smallest absolute Gasteiger partial charge is 0.326 e. The number of aromatic nitrogens is 1. The van der Waals surface area contributed by atoms with Crippen molar-refractivity contribution in [2.75, 3.05) is 13.2 Å². The first-order chi connectivity index (χ1) is 14.9. The first-order valence-electron chi connectivity index (χ1n) is 9.88. The fourth-order valence-corrected chi connectivity index (χ4v) is 4.71. The minimum Gasteiger partial charge on any atom is -0.494 e. The topological polar surface area (TPSA) is 69.9 Å². The van der Waals surface area contributed by atoms with Gasteiger partial charge in [-0.25, -0.2) is 0 Å². The summed E-state index contributed by atoms with van der Waals surface area (Å²) in [5.74, 6) is -0.291. The molecule has 9 heteroatoms. The van der Waals surface area contributed by atoms with Crippen LogP contribution in [0.3, 0.4) is 0 Å². The number of fused-ring (bicyclic) bond motifs is 1. The molecular weight excluding hydrogens is 459 g/mol. The molecule has 0 unspecified atom stereocenters. The van der Waals surface area contributed by atoms with E-state index in [9.17, 15) is 9.59 Å². The molecule has 0 aliphatic rings. The van der Waals surface area contributed by atoms with Crippen LogP contribution in [0.1, 0.15) is 37.0 Å². The van der Waals surface area contributed by atoms with Crippen molar-refractivity contribution in [3.8, 4) is 5.75 Å². The summed E-state index contributed by atoms with van der Waals surface area (Å²) in [5, 5.41) is 0.820. The third-order valence-corrected chi connectivity index (χ3v) is 5.86. The molecule has 3 rings (SSSR count). The Morgan fingerprint density at radius 3 is 2.71 bits per heavy atom. The maximum Gasteiger partial charge on any atom is 0.326 e. The van der Waals surface area contributed by atoms with E-state index in [1.807, 2.05) is 0 Å². The molecule has 0 fully saturated rings. The second-order valence-corrected chi connectivity index (χ2v) is 8.51. The van der Waals surface area contributed by atoms with Crippen molar-refractivity contribution in [1.82, 2.24) is 4.57 Å². The highest BCUT2D eigenvalue weighted by Crippen LogP contribution is 2.30. The van der Waals surface area contributed by atoms with E-state index in [1.165, 1.54) is 11.3 Å². The fraction of sp³-hybridized carbons (Fsp3) is 0.318. The second kappa shape index (κ2) is 10.8. The number of thiazole rings is 1. The lowest BCUT2D eigenvalue weighted by Gasteiger charge is -2.07. The van der Waals surface area contributed by atoms with Crippen molar-refractivity contribution in [2.24, 2.45) is 4.99 Å².